The highest BCUT2D eigenvalue weighted by molar-refractivity contribution is 5.75. The van der Waals surface area contributed by atoms with Crippen LogP contribution in [0.3, 0.4) is 0 Å². The van der Waals surface area contributed by atoms with Crippen molar-refractivity contribution in [3.63, 3.8) is 0 Å². The molecule has 0 radical (unpaired) electrons. The van der Waals surface area contributed by atoms with Gasteiger partial charge in [-0.2, -0.15) is 0 Å². The third-order valence-corrected chi connectivity index (χ3v) is 5.84. The molecule has 0 amide bonds. The fourth-order valence-corrected chi connectivity index (χ4v) is 3.71. The Balaban J connectivity index is 0. The molecular weight excluding hydrogens is 400 g/mol. The van der Waals surface area contributed by atoms with Crippen LogP contribution in [0, 0.1) is 5.92 Å². The molecule has 0 aliphatic heterocycles. The highest BCUT2D eigenvalue weighted by Crippen LogP contribution is 2.22. The minimum atomic E-state index is 0.274. The molecule has 2 fully saturated rings. The summed E-state index contributed by atoms with van der Waals surface area (Å²) < 4.78 is 0. The summed E-state index contributed by atoms with van der Waals surface area (Å²) in [5.74, 6) is 1.31. The zero-order valence-electron chi connectivity index (χ0n) is 23.2. The normalized spacial score (nSPS) is 15.0. The van der Waals surface area contributed by atoms with E-state index in [0.29, 0.717) is 6.42 Å². The third-order valence-electron chi connectivity index (χ3n) is 5.84. The van der Waals surface area contributed by atoms with Crippen molar-refractivity contribution in [1.29, 1.82) is 0 Å². The molecule has 1 aromatic rings. The molecule has 0 N–H and O–H groups in total. The Morgan fingerprint density at radius 2 is 1.39 bits per heavy atom. The maximum absolute atomic E-state index is 10.4. The van der Waals surface area contributed by atoms with Crippen molar-refractivity contribution in [2.45, 2.75) is 131 Å². The van der Waals surface area contributed by atoms with Gasteiger partial charge in [-0.25, -0.2) is 0 Å². The van der Waals surface area contributed by atoms with E-state index in [9.17, 15) is 4.79 Å². The number of hydrogen-bond acceptors (Lipinski definition) is 1. The lowest BCUT2D eigenvalue weighted by Crippen LogP contribution is -1.99. The van der Waals surface area contributed by atoms with Gasteiger partial charge in [-0.15, -0.1) is 6.58 Å². The minimum absolute atomic E-state index is 0.274. The third kappa shape index (κ3) is 26.5. The molecule has 0 atom stereocenters. The summed E-state index contributed by atoms with van der Waals surface area (Å²) in [7, 11) is 0. The smallest absolute Gasteiger partial charge is 0.129 e. The van der Waals surface area contributed by atoms with Gasteiger partial charge in [0.25, 0.3) is 0 Å². The first kappa shape index (κ1) is 33.5. The molecule has 0 unspecified atom stereocenters. The molecule has 2 saturated carbocycles. The second-order valence-electron chi connectivity index (χ2n) is 9.41. The average Bonchev–Trinajstić information content (AvgIpc) is 2.83. The fraction of sp³-hybridized carbons (Fsp3) is 0.656. The molecule has 2 aliphatic rings. The van der Waals surface area contributed by atoms with E-state index in [4.69, 9.17) is 0 Å². The van der Waals surface area contributed by atoms with Crippen molar-refractivity contribution in [2.24, 2.45) is 5.92 Å². The van der Waals surface area contributed by atoms with Gasteiger partial charge in [-0.1, -0.05) is 114 Å². The highest BCUT2D eigenvalue weighted by Gasteiger charge is 2.06. The van der Waals surface area contributed by atoms with Crippen LogP contribution in [0.15, 0.2) is 54.6 Å². The van der Waals surface area contributed by atoms with Crippen LogP contribution in [0.1, 0.15) is 131 Å². The molecule has 1 nitrogen and oxygen atoms in total. The molecule has 1 heteroatoms. The predicted molar refractivity (Wildman–Crippen MR) is 151 cm³/mol. The molecule has 33 heavy (non-hydrogen) atoms. The van der Waals surface area contributed by atoms with Crippen LogP contribution in [0.2, 0.25) is 0 Å². The zero-order valence-corrected chi connectivity index (χ0v) is 23.2. The molecule has 3 rings (SSSR count). The van der Waals surface area contributed by atoms with Crippen LogP contribution in [0.25, 0.3) is 0 Å². The van der Waals surface area contributed by atoms with Gasteiger partial charge in [-0.3, -0.25) is 0 Å². The Bertz CT molecular complexity index is 556. The van der Waals surface area contributed by atoms with Gasteiger partial charge < -0.3 is 4.79 Å². The summed E-state index contributed by atoms with van der Waals surface area (Å²) >= 11 is 0. The number of Topliss-reactive ketones (excluding diaryl/α,β-unsaturated/α-hetero) is 1. The van der Waals surface area contributed by atoms with Crippen LogP contribution < -0.4 is 0 Å². The summed E-state index contributed by atoms with van der Waals surface area (Å²) in [5, 5.41) is 0. The highest BCUT2D eigenvalue weighted by atomic mass is 16.1. The fourth-order valence-electron chi connectivity index (χ4n) is 3.71. The van der Waals surface area contributed by atoms with Crippen molar-refractivity contribution in [3.05, 3.63) is 60.2 Å². The summed E-state index contributed by atoms with van der Waals surface area (Å²) in [6.45, 7) is 19.8. The van der Waals surface area contributed by atoms with E-state index in [0.717, 1.165) is 30.8 Å². The second-order valence-corrected chi connectivity index (χ2v) is 9.41. The molecule has 2 aliphatic carbocycles. The zero-order chi connectivity index (χ0) is 25.3. The molecule has 190 valence electrons. The standard InChI is InChI=1S/C8H14O.C8H10.C7H14.C7H12.C2H6/c1-7(2)5-4-6-8(3)9;1-2-8-6-4-3-5-7-8;2*1-7-5-3-2-4-6-7;1-2/h1,4-6H2,2-3H3;3-7H,2H2,1H3;7H,2-6H2,1H3;1-6H2;1-2H3. The summed E-state index contributed by atoms with van der Waals surface area (Å²) in [6, 6.07) is 10.5. The number of ketones is 1. The lowest BCUT2D eigenvalue weighted by molar-refractivity contribution is -0.117. The van der Waals surface area contributed by atoms with E-state index in [1.807, 2.05) is 26.8 Å². The van der Waals surface area contributed by atoms with E-state index in [1.54, 1.807) is 6.92 Å². The monoisotopic (exact) mass is 456 g/mol. The van der Waals surface area contributed by atoms with Gasteiger partial charge in [0.1, 0.15) is 5.78 Å². The molecule has 0 spiro atoms. The maximum Gasteiger partial charge on any atom is 0.129 e. The Kier molecular flexibility index (Phi) is 25.4. The Hall–Kier alpha value is -1.63. The van der Waals surface area contributed by atoms with Gasteiger partial charge >= 0.3 is 0 Å². The number of hydrogen-bond donors (Lipinski definition) is 0. The Labute approximate surface area is 208 Å². The Morgan fingerprint density at radius 1 is 0.879 bits per heavy atom. The topological polar surface area (TPSA) is 17.1 Å². The van der Waals surface area contributed by atoms with E-state index >= 15 is 0 Å². The Morgan fingerprint density at radius 3 is 1.70 bits per heavy atom. The molecular formula is C32H56O. The van der Waals surface area contributed by atoms with Crippen molar-refractivity contribution in [1.82, 2.24) is 0 Å². The van der Waals surface area contributed by atoms with Gasteiger partial charge in [-0.05, 0) is 70.3 Å². The van der Waals surface area contributed by atoms with Crippen LogP contribution >= 0.6 is 0 Å². The van der Waals surface area contributed by atoms with Gasteiger partial charge in [0.15, 0.2) is 0 Å². The SMILES string of the molecule is C=C(C)CCCC(C)=O.C=C1CCCCC1.CC.CC1CCCCC1.CCc1ccccc1. The summed E-state index contributed by atoms with van der Waals surface area (Å²) in [6.07, 6.45) is 18.0. The van der Waals surface area contributed by atoms with E-state index < -0.39 is 0 Å². The largest absolute Gasteiger partial charge is 0.300 e. The van der Waals surface area contributed by atoms with Crippen molar-refractivity contribution in [3.8, 4) is 0 Å². The number of carbonyl (C=O) groups is 1. The molecule has 0 aromatic heterocycles. The van der Waals surface area contributed by atoms with Gasteiger partial charge in [0.2, 0.25) is 0 Å². The predicted octanol–water partition coefficient (Wildman–Crippen LogP) is 10.7. The van der Waals surface area contributed by atoms with Crippen LogP contribution in [-0.2, 0) is 11.2 Å². The van der Waals surface area contributed by atoms with Gasteiger partial charge in [0.05, 0.1) is 0 Å². The quantitative estimate of drug-likeness (QED) is 0.402. The van der Waals surface area contributed by atoms with Crippen molar-refractivity contribution in [2.75, 3.05) is 0 Å². The average molecular weight is 457 g/mol. The summed E-state index contributed by atoms with van der Waals surface area (Å²) in [4.78, 5) is 10.4. The molecule has 0 bridgehead atoms. The van der Waals surface area contributed by atoms with Crippen LogP contribution in [-0.4, -0.2) is 5.78 Å². The number of rotatable bonds is 5. The second kappa shape index (κ2) is 25.0. The number of allylic oxidation sites excluding steroid dienone is 2. The lowest BCUT2D eigenvalue weighted by Gasteiger charge is -2.15. The summed E-state index contributed by atoms with van der Waals surface area (Å²) in [5.41, 5.74) is 4.04. The van der Waals surface area contributed by atoms with Crippen molar-refractivity contribution < 1.29 is 4.79 Å². The minimum Gasteiger partial charge on any atom is -0.300 e. The first-order chi connectivity index (χ1) is 15.8. The van der Waals surface area contributed by atoms with E-state index in [2.05, 4.69) is 51.3 Å². The van der Waals surface area contributed by atoms with Crippen LogP contribution in [0.4, 0.5) is 0 Å². The molecule has 1 aromatic carbocycles. The van der Waals surface area contributed by atoms with Crippen LogP contribution in [0.5, 0.6) is 0 Å². The number of aryl methyl sites for hydroxylation is 1. The first-order valence-corrected chi connectivity index (χ1v) is 13.7. The van der Waals surface area contributed by atoms with E-state index in [1.165, 1.54) is 75.3 Å². The maximum atomic E-state index is 10.4. The molecule has 0 saturated heterocycles. The van der Waals surface area contributed by atoms with E-state index in [-0.39, 0.29) is 5.78 Å². The lowest BCUT2D eigenvalue weighted by atomic mass is 9.91. The number of carbonyl (C=O) groups excluding carboxylic acids is 1. The first-order valence-electron chi connectivity index (χ1n) is 13.7. The van der Waals surface area contributed by atoms with Gasteiger partial charge in [0, 0.05) is 6.42 Å². The van der Waals surface area contributed by atoms with Crippen molar-refractivity contribution >= 4 is 5.78 Å². The molecule has 0 heterocycles. The number of benzene rings is 1.